The van der Waals surface area contributed by atoms with Gasteiger partial charge in [-0.1, -0.05) is 6.07 Å². The van der Waals surface area contributed by atoms with Crippen LogP contribution in [0.25, 0.3) is 10.9 Å². The molecule has 4 rings (SSSR count). The van der Waals surface area contributed by atoms with Crippen LogP contribution < -0.4 is 21.0 Å². The molecule has 1 saturated heterocycles. The maximum atomic E-state index is 13.0. The number of halogens is 3. The van der Waals surface area contributed by atoms with Gasteiger partial charge in [0.2, 0.25) is 5.43 Å². The van der Waals surface area contributed by atoms with Crippen molar-refractivity contribution < 1.29 is 23.1 Å². The first kappa shape index (κ1) is 20.6. The van der Waals surface area contributed by atoms with E-state index in [1.807, 2.05) is 9.80 Å². The van der Waals surface area contributed by atoms with E-state index in [4.69, 9.17) is 10.8 Å². The predicted molar refractivity (Wildman–Crippen MR) is 112 cm³/mol. The minimum atomic E-state index is -4.39. The third-order valence-corrected chi connectivity index (χ3v) is 5.42. The van der Waals surface area contributed by atoms with Crippen molar-refractivity contribution in [2.24, 2.45) is 0 Å². The van der Waals surface area contributed by atoms with Crippen molar-refractivity contribution in [1.29, 1.82) is 0 Å². The van der Waals surface area contributed by atoms with E-state index in [2.05, 4.69) is 4.98 Å². The highest BCUT2D eigenvalue weighted by Crippen LogP contribution is 2.33. The molecule has 1 aliphatic rings. The number of H-pyrrole nitrogens is 1. The van der Waals surface area contributed by atoms with Gasteiger partial charge in [-0.2, -0.15) is 13.2 Å². The van der Waals surface area contributed by atoms with Crippen LogP contribution in [0, 0.1) is 0 Å². The number of fused-ring (bicyclic) bond motifs is 1. The number of rotatable bonds is 3. The van der Waals surface area contributed by atoms with Crippen LogP contribution in [0.15, 0.2) is 47.4 Å². The molecule has 0 radical (unpaired) electrons. The van der Waals surface area contributed by atoms with Crippen LogP contribution in [0.3, 0.4) is 0 Å². The Morgan fingerprint density at radius 1 is 1.06 bits per heavy atom. The van der Waals surface area contributed by atoms with E-state index in [-0.39, 0.29) is 10.9 Å². The zero-order valence-corrected chi connectivity index (χ0v) is 16.2. The molecule has 0 atom stereocenters. The summed E-state index contributed by atoms with van der Waals surface area (Å²) in [6, 6.07) is 8.39. The van der Waals surface area contributed by atoms with Crippen molar-refractivity contribution in [3.63, 3.8) is 0 Å². The van der Waals surface area contributed by atoms with Crippen LogP contribution >= 0.6 is 0 Å². The zero-order chi connectivity index (χ0) is 22.3. The molecule has 0 amide bonds. The predicted octanol–water partition coefficient (Wildman–Crippen LogP) is 3.15. The first-order valence-corrected chi connectivity index (χ1v) is 9.50. The lowest BCUT2D eigenvalue weighted by atomic mass is 10.1. The van der Waals surface area contributed by atoms with Crippen LogP contribution in [0.1, 0.15) is 15.9 Å². The van der Waals surface area contributed by atoms with Gasteiger partial charge in [-0.3, -0.25) is 4.79 Å². The average molecular weight is 432 g/mol. The number of piperazine rings is 1. The average Bonchev–Trinajstić information content (AvgIpc) is 2.73. The highest BCUT2D eigenvalue weighted by molar-refractivity contribution is 5.95. The van der Waals surface area contributed by atoms with Gasteiger partial charge in [-0.05, 0) is 30.3 Å². The summed E-state index contributed by atoms with van der Waals surface area (Å²) < 4.78 is 39.0. The summed E-state index contributed by atoms with van der Waals surface area (Å²) in [5.41, 5.74) is 6.44. The van der Waals surface area contributed by atoms with Crippen molar-refractivity contribution in [3.8, 4) is 0 Å². The number of carboxylic acids is 1. The molecule has 31 heavy (non-hydrogen) atoms. The fourth-order valence-electron chi connectivity index (χ4n) is 3.79. The van der Waals surface area contributed by atoms with E-state index in [1.54, 1.807) is 12.1 Å². The number of pyridine rings is 1. The van der Waals surface area contributed by atoms with Crippen molar-refractivity contribution in [3.05, 3.63) is 63.9 Å². The molecule has 7 nitrogen and oxygen atoms in total. The largest absolute Gasteiger partial charge is 0.477 e. The minimum absolute atomic E-state index is 0.184. The van der Waals surface area contributed by atoms with Gasteiger partial charge in [-0.15, -0.1) is 0 Å². The molecular weight excluding hydrogens is 413 g/mol. The number of alkyl halides is 3. The van der Waals surface area contributed by atoms with Gasteiger partial charge in [0.05, 0.1) is 22.5 Å². The van der Waals surface area contributed by atoms with Crippen LogP contribution in [-0.4, -0.2) is 42.2 Å². The zero-order valence-electron chi connectivity index (χ0n) is 16.2. The van der Waals surface area contributed by atoms with Crippen molar-refractivity contribution in [1.82, 2.24) is 4.98 Å². The summed E-state index contributed by atoms with van der Waals surface area (Å²) in [5, 5.41) is 9.29. The number of benzene rings is 2. The van der Waals surface area contributed by atoms with Gasteiger partial charge in [0.25, 0.3) is 0 Å². The second-order valence-corrected chi connectivity index (χ2v) is 7.32. The molecule has 0 unspecified atom stereocenters. The second kappa shape index (κ2) is 7.53. The number of carbonyl (C=O) groups is 1. The monoisotopic (exact) mass is 432 g/mol. The molecular formula is C21H19F3N4O3. The summed E-state index contributed by atoms with van der Waals surface area (Å²) in [6.45, 7) is 2.02. The van der Waals surface area contributed by atoms with E-state index in [1.165, 1.54) is 12.1 Å². The van der Waals surface area contributed by atoms with Crippen LogP contribution in [0.2, 0.25) is 0 Å². The highest BCUT2D eigenvalue weighted by atomic mass is 19.4. The number of aromatic carboxylic acids is 1. The number of nitrogens with one attached hydrogen (secondary N) is 1. The topological polar surface area (TPSA) is 103 Å². The Morgan fingerprint density at radius 3 is 2.39 bits per heavy atom. The third-order valence-electron chi connectivity index (χ3n) is 5.42. The lowest BCUT2D eigenvalue weighted by Gasteiger charge is -2.38. The Labute approximate surface area is 174 Å². The Balaban J connectivity index is 1.56. The van der Waals surface area contributed by atoms with Crippen molar-refractivity contribution in [2.45, 2.75) is 6.18 Å². The molecule has 2 aromatic carbocycles. The molecule has 0 spiro atoms. The van der Waals surface area contributed by atoms with Gasteiger partial charge in [0.15, 0.2) is 0 Å². The van der Waals surface area contributed by atoms with Gasteiger partial charge in [-0.25, -0.2) is 4.79 Å². The van der Waals surface area contributed by atoms with Crippen LogP contribution in [0.4, 0.5) is 30.2 Å². The Hall–Kier alpha value is -3.69. The van der Waals surface area contributed by atoms with Gasteiger partial charge in [0, 0.05) is 43.4 Å². The number of nitrogens with two attached hydrogens (primary N) is 1. The molecule has 2 heterocycles. The summed E-state index contributed by atoms with van der Waals surface area (Å²) >= 11 is 0. The number of hydrogen-bond donors (Lipinski definition) is 3. The normalized spacial score (nSPS) is 14.8. The van der Waals surface area contributed by atoms with Crippen molar-refractivity contribution >= 4 is 33.9 Å². The quantitative estimate of drug-likeness (QED) is 0.550. The van der Waals surface area contributed by atoms with Gasteiger partial charge < -0.3 is 25.6 Å². The summed E-state index contributed by atoms with van der Waals surface area (Å²) in [7, 11) is 0. The highest BCUT2D eigenvalue weighted by Gasteiger charge is 2.31. The molecule has 4 N–H and O–H groups in total. The fraction of sp³-hybridized carbons (Fsp3) is 0.238. The maximum absolute atomic E-state index is 13.0. The molecule has 1 aromatic heterocycles. The lowest BCUT2D eigenvalue weighted by molar-refractivity contribution is -0.137. The second-order valence-electron chi connectivity index (χ2n) is 7.32. The standard InChI is InChI=1S/C21H19F3N4O3/c22-21(23,24)12-2-1-3-13(8-12)27-4-6-28(7-5-27)18-10-17-14(9-16(18)25)19(29)15(11-26-17)20(30)31/h1-3,8-11H,4-7,25H2,(H,26,29)(H,30,31). The van der Waals surface area contributed by atoms with E-state index in [0.717, 1.165) is 18.3 Å². The van der Waals surface area contributed by atoms with Crippen LogP contribution in [-0.2, 0) is 6.18 Å². The molecule has 0 bridgehead atoms. The molecule has 162 valence electrons. The number of aromatic nitrogens is 1. The first-order chi connectivity index (χ1) is 14.6. The molecule has 10 heteroatoms. The molecule has 0 aliphatic carbocycles. The van der Waals surface area contributed by atoms with Crippen LogP contribution in [0.5, 0.6) is 0 Å². The Bertz CT molecular complexity index is 1210. The minimum Gasteiger partial charge on any atom is -0.477 e. The maximum Gasteiger partial charge on any atom is 0.416 e. The number of anilines is 3. The third kappa shape index (κ3) is 3.88. The molecule has 0 saturated carbocycles. The summed E-state index contributed by atoms with van der Waals surface area (Å²) in [6.07, 6.45) is -3.24. The number of hydrogen-bond acceptors (Lipinski definition) is 5. The van der Waals surface area contributed by atoms with Gasteiger partial charge >= 0.3 is 12.1 Å². The van der Waals surface area contributed by atoms with E-state index in [0.29, 0.717) is 48.8 Å². The van der Waals surface area contributed by atoms with Crippen molar-refractivity contribution in [2.75, 3.05) is 41.7 Å². The smallest absolute Gasteiger partial charge is 0.416 e. The number of aromatic amines is 1. The van der Waals surface area contributed by atoms with Gasteiger partial charge in [0.1, 0.15) is 5.56 Å². The van der Waals surface area contributed by atoms with E-state index < -0.39 is 23.1 Å². The Kier molecular flexibility index (Phi) is 5.00. The molecule has 1 aliphatic heterocycles. The fourth-order valence-corrected chi connectivity index (χ4v) is 3.79. The van der Waals surface area contributed by atoms with E-state index in [9.17, 15) is 22.8 Å². The number of carboxylic acid groups (broad SMARTS) is 1. The van der Waals surface area contributed by atoms with E-state index >= 15 is 0 Å². The first-order valence-electron chi connectivity index (χ1n) is 9.50. The summed E-state index contributed by atoms with van der Waals surface area (Å²) in [4.78, 5) is 30.2. The lowest BCUT2D eigenvalue weighted by Crippen LogP contribution is -2.46. The SMILES string of the molecule is Nc1cc2c(=O)c(C(=O)O)c[nH]c2cc1N1CCN(c2cccc(C(F)(F)F)c2)CC1. The summed E-state index contributed by atoms with van der Waals surface area (Å²) in [5.74, 6) is -1.32. The molecule has 3 aromatic rings. The number of nitrogens with zero attached hydrogens (tertiary/aromatic N) is 2. The Morgan fingerprint density at radius 2 is 1.74 bits per heavy atom. The molecule has 1 fully saturated rings. The number of nitrogen functional groups attached to an aromatic ring is 1.